The van der Waals surface area contributed by atoms with Crippen molar-refractivity contribution in [2.45, 2.75) is 77.8 Å². The Labute approximate surface area is 195 Å². The van der Waals surface area contributed by atoms with Gasteiger partial charge in [-0.3, -0.25) is 4.79 Å². The third-order valence-electron chi connectivity index (χ3n) is 5.69. The molecule has 1 atom stereocenters. The molecule has 0 aliphatic carbocycles. The van der Waals surface area contributed by atoms with Crippen LogP contribution in [0.25, 0.3) is 11.8 Å². The molecule has 2 rings (SSSR count). The van der Waals surface area contributed by atoms with Gasteiger partial charge in [0.2, 0.25) is 5.91 Å². The Hall–Kier alpha value is -2.81. The van der Waals surface area contributed by atoms with Crippen molar-refractivity contribution in [1.29, 1.82) is 0 Å². The lowest BCUT2D eigenvalue weighted by Gasteiger charge is -2.21. The predicted octanol–water partition coefficient (Wildman–Crippen LogP) is 7.11. The van der Waals surface area contributed by atoms with Gasteiger partial charge < -0.3 is 10.6 Å². The highest BCUT2D eigenvalue weighted by Gasteiger charge is 2.18. The smallest absolute Gasteiger partial charge is 0.242 e. The van der Waals surface area contributed by atoms with Crippen LogP contribution < -0.4 is 10.6 Å². The van der Waals surface area contributed by atoms with Crippen LogP contribution in [0, 0.1) is 0 Å². The number of rotatable bonds is 15. The van der Waals surface area contributed by atoms with Crippen molar-refractivity contribution in [2.24, 2.45) is 0 Å². The lowest BCUT2D eigenvalue weighted by molar-refractivity contribution is -0.123. The first-order valence-electron chi connectivity index (χ1n) is 12.1. The number of allylic oxidation sites excluding steroid dienone is 1. The number of amides is 1. The molecule has 32 heavy (non-hydrogen) atoms. The molecular formula is C29H40N2O. The summed E-state index contributed by atoms with van der Waals surface area (Å²) in [6.07, 6.45) is 13.5. The van der Waals surface area contributed by atoms with Crippen molar-refractivity contribution >= 4 is 17.7 Å². The van der Waals surface area contributed by atoms with Gasteiger partial charge in [-0.2, -0.15) is 0 Å². The van der Waals surface area contributed by atoms with Crippen LogP contribution in [0.3, 0.4) is 0 Å². The second kappa shape index (κ2) is 15.1. The molecule has 0 radical (unpaired) electrons. The summed E-state index contributed by atoms with van der Waals surface area (Å²) in [5.74, 6) is 0.0338. The zero-order valence-electron chi connectivity index (χ0n) is 19.9. The van der Waals surface area contributed by atoms with E-state index in [2.05, 4.69) is 54.5 Å². The zero-order chi connectivity index (χ0) is 23.0. The van der Waals surface area contributed by atoms with Gasteiger partial charge in [0.05, 0.1) is 0 Å². The van der Waals surface area contributed by atoms with Crippen molar-refractivity contribution in [3.8, 4) is 0 Å². The van der Waals surface area contributed by atoms with Gasteiger partial charge in [-0.05, 0) is 30.0 Å². The molecule has 0 saturated heterocycles. The Morgan fingerprint density at radius 2 is 1.59 bits per heavy atom. The minimum atomic E-state index is -0.280. The van der Waals surface area contributed by atoms with E-state index in [1.54, 1.807) is 0 Å². The van der Waals surface area contributed by atoms with Crippen molar-refractivity contribution in [3.05, 3.63) is 83.9 Å². The van der Waals surface area contributed by atoms with Gasteiger partial charge in [-0.25, -0.2) is 0 Å². The second-order valence-electron chi connectivity index (χ2n) is 8.41. The summed E-state index contributed by atoms with van der Waals surface area (Å²) >= 11 is 0. The molecule has 3 heteroatoms. The van der Waals surface area contributed by atoms with E-state index >= 15 is 0 Å². The molecule has 2 N–H and O–H groups in total. The molecule has 0 heterocycles. The van der Waals surface area contributed by atoms with E-state index in [1.165, 1.54) is 38.5 Å². The first-order chi connectivity index (χ1) is 15.6. The topological polar surface area (TPSA) is 41.1 Å². The Morgan fingerprint density at radius 1 is 0.938 bits per heavy atom. The Bertz CT molecular complexity index is 824. The first kappa shape index (κ1) is 25.5. The number of carbonyl (C=O) groups is 1. The fourth-order valence-electron chi connectivity index (χ4n) is 3.76. The van der Waals surface area contributed by atoms with Crippen LogP contribution in [0.1, 0.15) is 81.9 Å². The largest absolute Gasteiger partial charge is 0.374 e. The number of hydrogen-bond acceptors (Lipinski definition) is 2. The van der Waals surface area contributed by atoms with Gasteiger partial charge in [0, 0.05) is 12.2 Å². The third kappa shape index (κ3) is 9.55. The van der Waals surface area contributed by atoms with Gasteiger partial charge >= 0.3 is 0 Å². The number of nitrogens with one attached hydrogen (secondary N) is 2. The highest BCUT2D eigenvalue weighted by atomic mass is 16.2. The number of hydrogen-bond donors (Lipinski definition) is 2. The van der Waals surface area contributed by atoms with Crippen molar-refractivity contribution in [3.63, 3.8) is 0 Å². The molecule has 2 aromatic carbocycles. The molecular weight excluding hydrogens is 392 g/mol. The van der Waals surface area contributed by atoms with Crippen LogP contribution in [-0.4, -0.2) is 11.9 Å². The van der Waals surface area contributed by atoms with E-state index in [0.29, 0.717) is 6.54 Å². The molecule has 1 amide bonds. The number of carbonyl (C=O) groups excluding carboxylic acids is 1. The van der Waals surface area contributed by atoms with Gasteiger partial charge in [-0.1, -0.05) is 125 Å². The van der Waals surface area contributed by atoms with E-state index in [-0.39, 0.29) is 11.9 Å². The maximum Gasteiger partial charge on any atom is 0.242 e. The monoisotopic (exact) mass is 432 g/mol. The summed E-state index contributed by atoms with van der Waals surface area (Å²) in [5.41, 5.74) is 4.07. The molecule has 1 unspecified atom stereocenters. The predicted molar refractivity (Wildman–Crippen MR) is 138 cm³/mol. The molecule has 0 aliphatic heterocycles. The maximum atomic E-state index is 13.0. The van der Waals surface area contributed by atoms with E-state index in [4.69, 9.17) is 0 Å². The van der Waals surface area contributed by atoms with Crippen LogP contribution in [0.4, 0.5) is 0 Å². The van der Waals surface area contributed by atoms with Crippen LogP contribution in [0.15, 0.2) is 67.3 Å². The SMILES string of the molecule is C=C(NC(CCCCCCCCC)C(=O)NCc1ccccc1)c1ccc(/C=C/C)cc1. The molecule has 2 aromatic rings. The number of benzene rings is 2. The Kier molecular flexibility index (Phi) is 12.0. The average Bonchev–Trinajstić information content (AvgIpc) is 2.82. The summed E-state index contributed by atoms with van der Waals surface area (Å²) in [4.78, 5) is 13.0. The molecule has 0 spiro atoms. The van der Waals surface area contributed by atoms with Gasteiger partial charge in [-0.15, -0.1) is 0 Å². The van der Waals surface area contributed by atoms with Gasteiger partial charge in [0.15, 0.2) is 0 Å². The van der Waals surface area contributed by atoms with Crippen LogP contribution in [0.2, 0.25) is 0 Å². The molecule has 0 aromatic heterocycles. The van der Waals surface area contributed by atoms with Crippen molar-refractivity contribution < 1.29 is 4.79 Å². The quantitative estimate of drug-likeness (QED) is 0.295. The van der Waals surface area contributed by atoms with Crippen molar-refractivity contribution in [2.75, 3.05) is 0 Å². The zero-order valence-corrected chi connectivity index (χ0v) is 19.9. The standard InChI is InChI=1S/C29H40N2O/c1-4-6-7-8-9-10-14-18-28(29(32)30-23-26-16-12-11-13-17-26)31-24(3)27-21-19-25(15-5-2)20-22-27/h5,11-13,15-17,19-22,28,31H,3-4,6-10,14,18,23H2,1-2H3,(H,30,32)/b15-5+. The molecule has 0 bridgehead atoms. The Morgan fingerprint density at radius 3 is 2.25 bits per heavy atom. The summed E-state index contributed by atoms with van der Waals surface area (Å²) in [6, 6.07) is 18.0. The second-order valence-corrected chi connectivity index (χ2v) is 8.41. The minimum absolute atomic E-state index is 0.0338. The fraction of sp³-hybridized carbons (Fsp3) is 0.414. The minimum Gasteiger partial charge on any atom is -0.374 e. The van der Waals surface area contributed by atoms with Crippen LogP contribution >= 0.6 is 0 Å². The molecule has 172 valence electrons. The molecule has 0 fully saturated rings. The van der Waals surface area contributed by atoms with E-state index < -0.39 is 0 Å². The highest BCUT2D eigenvalue weighted by molar-refractivity contribution is 5.83. The molecule has 0 aliphatic rings. The molecule has 0 saturated carbocycles. The number of unbranched alkanes of at least 4 members (excludes halogenated alkanes) is 6. The fourth-order valence-corrected chi connectivity index (χ4v) is 3.76. The summed E-state index contributed by atoms with van der Waals surface area (Å²) in [6.45, 7) is 9.00. The van der Waals surface area contributed by atoms with Gasteiger partial charge in [0.25, 0.3) is 0 Å². The van der Waals surface area contributed by atoms with E-state index in [0.717, 1.165) is 35.2 Å². The lowest BCUT2D eigenvalue weighted by Crippen LogP contribution is -2.43. The lowest BCUT2D eigenvalue weighted by atomic mass is 10.0. The van der Waals surface area contributed by atoms with E-state index in [1.807, 2.05) is 43.3 Å². The average molecular weight is 433 g/mol. The highest BCUT2D eigenvalue weighted by Crippen LogP contribution is 2.16. The summed E-state index contributed by atoms with van der Waals surface area (Å²) < 4.78 is 0. The van der Waals surface area contributed by atoms with Crippen molar-refractivity contribution in [1.82, 2.24) is 10.6 Å². The van der Waals surface area contributed by atoms with Gasteiger partial charge in [0.1, 0.15) is 6.04 Å². The first-order valence-corrected chi connectivity index (χ1v) is 12.1. The Balaban J connectivity index is 1.93. The maximum absolute atomic E-state index is 13.0. The summed E-state index contributed by atoms with van der Waals surface area (Å²) in [7, 11) is 0. The normalized spacial score (nSPS) is 11.9. The third-order valence-corrected chi connectivity index (χ3v) is 5.69. The van der Waals surface area contributed by atoms with E-state index in [9.17, 15) is 4.79 Å². The molecule has 3 nitrogen and oxygen atoms in total. The summed E-state index contributed by atoms with van der Waals surface area (Å²) in [5, 5.41) is 6.51. The van der Waals surface area contributed by atoms with Crippen LogP contribution in [0.5, 0.6) is 0 Å². The van der Waals surface area contributed by atoms with Crippen LogP contribution in [-0.2, 0) is 11.3 Å².